The number of hydrogen-bond acceptors (Lipinski definition) is 5. The van der Waals surface area contributed by atoms with Crippen molar-refractivity contribution in [3.05, 3.63) is 66.0 Å². The molecule has 1 aromatic heterocycles. The van der Waals surface area contributed by atoms with Gasteiger partial charge in [-0.2, -0.15) is 5.10 Å². The molecule has 7 nitrogen and oxygen atoms in total. The number of aromatic nitrogens is 2. The predicted octanol–water partition coefficient (Wildman–Crippen LogP) is 3.20. The van der Waals surface area contributed by atoms with Crippen LogP contribution in [0, 0.1) is 0 Å². The van der Waals surface area contributed by atoms with Crippen molar-refractivity contribution in [2.24, 2.45) is 0 Å². The van der Waals surface area contributed by atoms with Crippen LogP contribution in [-0.2, 0) is 13.1 Å². The number of nitrogens with zero attached hydrogens (tertiary/aromatic N) is 4. The summed E-state index contributed by atoms with van der Waals surface area (Å²) < 4.78 is 12.3. The minimum Gasteiger partial charge on any atom is -0.497 e. The van der Waals surface area contributed by atoms with Gasteiger partial charge in [-0.05, 0) is 42.5 Å². The van der Waals surface area contributed by atoms with Crippen molar-refractivity contribution in [3.63, 3.8) is 0 Å². The molecule has 4 rings (SSSR count). The van der Waals surface area contributed by atoms with E-state index < -0.39 is 0 Å². The normalized spacial score (nSPS) is 13.2. The van der Waals surface area contributed by atoms with Gasteiger partial charge in [-0.3, -0.25) is 9.48 Å². The maximum atomic E-state index is 13.1. The highest BCUT2D eigenvalue weighted by Gasteiger charge is 2.28. The van der Waals surface area contributed by atoms with E-state index in [9.17, 15) is 4.79 Å². The molecule has 150 valence electrons. The molecule has 0 radical (unpaired) electrons. The molecule has 7 heteroatoms. The zero-order chi connectivity index (χ0) is 20.4. The highest BCUT2D eigenvalue weighted by atomic mass is 16.5. The SMILES string of the molecule is COc1ccc(N(C)Cc2cc3n(n2)CCN(c2cccc(OC)c2)C3=O)cc1. The molecule has 0 atom stereocenters. The average molecular weight is 392 g/mol. The number of carbonyl (C=O) groups is 1. The number of fused-ring (bicyclic) bond motifs is 1. The fourth-order valence-corrected chi connectivity index (χ4v) is 3.52. The molecule has 1 amide bonds. The van der Waals surface area contributed by atoms with Crippen molar-refractivity contribution in [2.45, 2.75) is 13.1 Å². The largest absolute Gasteiger partial charge is 0.497 e. The molecule has 3 aromatic rings. The first-order valence-electron chi connectivity index (χ1n) is 9.47. The second kappa shape index (κ2) is 7.87. The Morgan fingerprint density at radius 1 is 1.00 bits per heavy atom. The Hall–Kier alpha value is -3.48. The second-order valence-electron chi connectivity index (χ2n) is 6.96. The van der Waals surface area contributed by atoms with E-state index in [0.717, 1.165) is 28.6 Å². The van der Waals surface area contributed by atoms with Gasteiger partial charge in [-0.25, -0.2) is 0 Å². The van der Waals surface area contributed by atoms with Crippen molar-refractivity contribution in [1.29, 1.82) is 0 Å². The van der Waals surface area contributed by atoms with Gasteiger partial charge >= 0.3 is 0 Å². The number of amides is 1. The molecule has 2 aromatic carbocycles. The molecule has 29 heavy (non-hydrogen) atoms. The van der Waals surface area contributed by atoms with Gasteiger partial charge in [0.1, 0.15) is 17.2 Å². The summed E-state index contributed by atoms with van der Waals surface area (Å²) in [7, 11) is 5.28. The zero-order valence-electron chi connectivity index (χ0n) is 16.8. The summed E-state index contributed by atoms with van der Waals surface area (Å²) in [4.78, 5) is 16.9. The van der Waals surface area contributed by atoms with Crippen LogP contribution in [0.4, 0.5) is 11.4 Å². The summed E-state index contributed by atoms with van der Waals surface area (Å²) in [6, 6.07) is 17.3. The summed E-state index contributed by atoms with van der Waals surface area (Å²) in [5.41, 5.74) is 3.36. The summed E-state index contributed by atoms with van der Waals surface area (Å²) in [5.74, 6) is 1.51. The molecular formula is C22H24N4O3. The Labute approximate surface area is 170 Å². The lowest BCUT2D eigenvalue weighted by molar-refractivity contribution is 0.0962. The monoisotopic (exact) mass is 392 g/mol. The lowest BCUT2D eigenvalue weighted by atomic mass is 10.2. The lowest BCUT2D eigenvalue weighted by Crippen LogP contribution is -2.40. The first-order valence-corrected chi connectivity index (χ1v) is 9.47. The quantitative estimate of drug-likeness (QED) is 0.645. The van der Waals surface area contributed by atoms with Gasteiger partial charge in [-0.1, -0.05) is 6.07 Å². The van der Waals surface area contributed by atoms with E-state index in [1.54, 1.807) is 23.8 Å². The van der Waals surface area contributed by atoms with Gasteiger partial charge in [0.25, 0.3) is 5.91 Å². The van der Waals surface area contributed by atoms with Crippen LogP contribution < -0.4 is 19.3 Å². The number of carbonyl (C=O) groups excluding carboxylic acids is 1. The lowest BCUT2D eigenvalue weighted by Gasteiger charge is -2.27. The Morgan fingerprint density at radius 3 is 2.48 bits per heavy atom. The molecule has 0 saturated heterocycles. The molecule has 1 aliphatic heterocycles. The fourth-order valence-electron chi connectivity index (χ4n) is 3.52. The van der Waals surface area contributed by atoms with Gasteiger partial charge < -0.3 is 19.3 Å². The summed E-state index contributed by atoms with van der Waals surface area (Å²) in [6.07, 6.45) is 0. The van der Waals surface area contributed by atoms with Crippen molar-refractivity contribution in [2.75, 3.05) is 37.6 Å². The second-order valence-corrected chi connectivity index (χ2v) is 6.96. The van der Waals surface area contributed by atoms with Crippen molar-refractivity contribution in [3.8, 4) is 11.5 Å². The molecule has 0 unspecified atom stereocenters. The standard InChI is InChI=1S/C22H24N4O3/c1-24(17-7-9-19(28-2)10-8-17)15-16-13-21-22(27)25(11-12-26(21)23-16)18-5-4-6-20(14-18)29-3/h4-10,13-14H,11-12,15H2,1-3H3. The van der Waals surface area contributed by atoms with Crippen LogP contribution in [-0.4, -0.2) is 43.5 Å². The first-order chi connectivity index (χ1) is 14.1. The number of ether oxygens (including phenoxy) is 2. The van der Waals surface area contributed by atoms with E-state index in [1.807, 2.05) is 61.6 Å². The van der Waals surface area contributed by atoms with Crippen molar-refractivity contribution in [1.82, 2.24) is 9.78 Å². The molecule has 0 spiro atoms. The van der Waals surface area contributed by atoms with Crippen LogP contribution in [0.1, 0.15) is 16.2 Å². The fraction of sp³-hybridized carbons (Fsp3) is 0.273. The Morgan fingerprint density at radius 2 is 1.76 bits per heavy atom. The number of anilines is 2. The third-order valence-electron chi connectivity index (χ3n) is 5.11. The third kappa shape index (κ3) is 3.76. The maximum Gasteiger partial charge on any atom is 0.276 e. The Kier molecular flexibility index (Phi) is 5.12. The molecule has 2 heterocycles. The van der Waals surface area contributed by atoms with Crippen LogP contribution >= 0.6 is 0 Å². The topological polar surface area (TPSA) is 59.8 Å². The Balaban J connectivity index is 1.52. The maximum absolute atomic E-state index is 13.1. The number of hydrogen-bond donors (Lipinski definition) is 0. The van der Waals surface area contributed by atoms with Gasteiger partial charge in [0.2, 0.25) is 0 Å². The molecule has 1 aliphatic rings. The minimum absolute atomic E-state index is 0.0460. The summed E-state index contributed by atoms with van der Waals surface area (Å²) in [6.45, 7) is 1.84. The highest BCUT2D eigenvalue weighted by molar-refractivity contribution is 6.05. The Bertz CT molecular complexity index is 1010. The van der Waals surface area contributed by atoms with E-state index in [4.69, 9.17) is 9.47 Å². The predicted molar refractivity (Wildman–Crippen MR) is 112 cm³/mol. The van der Waals surface area contributed by atoms with Gasteiger partial charge in [0.15, 0.2) is 0 Å². The average Bonchev–Trinajstić information content (AvgIpc) is 3.17. The molecule has 0 fully saturated rings. The smallest absolute Gasteiger partial charge is 0.276 e. The van der Waals surface area contributed by atoms with E-state index in [-0.39, 0.29) is 5.91 Å². The third-order valence-corrected chi connectivity index (χ3v) is 5.11. The first kappa shape index (κ1) is 18.9. The molecule has 0 N–H and O–H groups in total. The highest BCUT2D eigenvalue weighted by Crippen LogP contribution is 2.26. The van der Waals surface area contributed by atoms with Crippen LogP contribution in [0.15, 0.2) is 54.6 Å². The van der Waals surface area contributed by atoms with Crippen molar-refractivity contribution >= 4 is 17.3 Å². The van der Waals surface area contributed by atoms with Crippen LogP contribution in [0.3, 0.4) is 0 Å². The van der Waals surface area contributed by atoms with Crippen molar-refractivity contribution < 1.29 is 14.3 Å². The summed E-state index contributed by atoms with van der Waals surface area (Å²) in [5, 5.41) is 4.64. The van der Waals surface area contributed by atoms with Crippen LogP contribution in [0.5, 0.6) is 11.5 Å². The summed E-state index contributed by atoms with van der Waals surface area (Å²) >= 11 is 0. The number of methoxy groups -OCH3 is 2. The number of rotatable bonds is 6. The van der Waals surface area contributed by atoms with E-state index in [2.05, 4.69) is 10.00 Å². The van der Waals surface area contributed by atoms with Gasteiger partial charge in [0.05, 0.1) is 33.0 Å². The molecule has 0 saturated carbocycles. The van der Waals surface area contributed by atoms with Gasteiger partial charge in [-0.15, -0.1) is 0 Å². The molecular weight excluding hydrogens is 368 g/mol. The minimum atomic E-state index is -0.0460. The van der Waals surface area contributed by atoms with Gasteiger partial charge in [0, 0.05) is 31.0 Å². The zero-order valence-corrected chi connectivity index (χ0v) is 16.8. The van der Waals surface area contributed by atoms with E-state index >= 15 is 0 Å². The molecule has 0 aliphatic carbocycles. The van der Waals surface area contributed by atoms with E-state index in [0.29, 0.717) is 25.3 Å². The van der Waals surface area contributed by atoms with Crippen LogP contribution in [0.2, 0.25) is 0 Å². The number of benzene rings is 2. The molecule has 0 bridgehead atoms. The van der Waals surface area contributed by atoms with Crippen LogP contribution in [0.25, 0.3) is 0 Å². The van der Waals surface area contributed by atoms with E-state index in [1.165, 1.54) is 0 Å².